The normalized spacial score (nSPS) is 14.3. The molecule has 1 aromatic rings. The zero-order valence-corrected chi connectivity index (χ0v) is 11.7. The van der Waals surface area contributed by atoms with Crippen LogP contribution in [0.3, 0.4) is 0 Å². The third-order valence-electron chi connectivity index (χ3n) is 2.70. The molecule has 0 heterocycles. The largest absolute Gasteiger partial charge is 0.481 e. The van der Waals surface area contributed by atoms with Gasteiger partial charge in [0.15, 0.2) is 0 Å². The summed E-state index contributed by atoms with van der Waals surface area (Å²) in [4.78, 5) is 10.5. The summed E-state index contributed by atoms with van der Waals surface area (Å²) in [6.45, 7) is 4.10. The van der Waals surface area contributed by atoms with Crippen LogP contribution in [0.2, 0.25) is 0 Å². The quantitative estimate of drug-likeness (QED) is 0.847. The van der Waals surface area contributed by atoms with Gasteiger partial charge in [-0.25, -0.2) is 0 Å². The molecular weight excluding hydrogens is 282 g/mol. The zero-order valence-electron chi connectivity index (χ0n) is 10.1. The molecule has 0 saturated carbocycles. The molecule has 2 N–H and O–H groups in total. The number of carboxylic acids is 1. The summed E-state index contributed by atoms with van der Waals surface area (Å²) >= 11 is 3.40. The lowest BCUT2D eigenvalue weighted by atomic mass is 10.1. The molecule has 17 heavy (non-hydrogen) atoms. The molecule has 0 bridgehead atoms. The molecule has 1 aromatic carbocycles. The van der Waals surface area contributed by atoms with Crippen molar-refractivity contribution in [3.63, 3.8) is 0 Å². The van der Waals surface area contributed by atoms with Gasteiger partial charge in [0.2, 0.25) is 0 Å². The van der Waals surface area contributed by atoms with E-state index >= 15 is 0 Å². The standard InChI is InChI=1S/C13H18BrNO2/c1-9(3-8-13(16)17)15-10(2)11-4-6-12(14)7-5-11/h4-7,9-10,15H,3,8H2,1-2H3,(H,16,17)/t9?,10-/m0/s1. The number of carboxylic acid groups (broad SMARTS) is 1. The summed E-state index contributed by atoms with van der Waals surface area (Å²) < 4.78 is 1.06. The molecular formula is C13H18BrNO2. The van der Waals surface area contributed by atoms with Crippen molar-refractivity contribution in [1.82, 2.24) is 5.32 Å². The van der Waals surface area contributed by atoms with Gasteiger partial charge >= 0.3 is 5.97 Å². The second-order valence-electron chi connectivity index (χ2n) is 4.27. The van der Waals surface area contributed by atoms with Crippen LogP contribution in [0, 0.1) is 0 Å². The minimum absolute atomic E-state index is 0.199. The van der Waals surface area contributed by atoms with E-state index in [1.807, 2.05) is 19.1 Å². The number of nitrogens with one attached hydrogen (secondary N) is 1. The molecule has 0 fully saturated rings. The average molecular weight is 300 g/mol. The Hall–Kier alpha value is -0.870. The molecule has 0 aliphatic heterocycles. The minimum atomic E-state index is -0.741. The van der Waals surface area contributed by atoms with Crippen molar-refractivity contribution in [1.29, 1.82) is 0 Å². The number of benzene rings is 1. The summed E-state index contributed by atoms with van der Waals surface area (Å²) in [5, 5.41) is 12.0. The van der Waals surface area contributed by atoms with Gasteiger partial charge in [0.1, 0.15) is 0 Å². The van der Waals surface area contributed by atoms with Crippen LogP contribution in [0.25, 0.3) is 0 Å². The van der Waals surface area contributed by atoms with Gasteiger partial charge in [0.25, 0.3) is 0 Å². The van der Waals surface area contributed by atoms with Gasteiger partial charge in [-0.2, -0.15) is 0 Å². The van der Waals surface area contributed by atoms with Crippen LogP contribution in [0.15, 0.2) is 28.7 Å². The van der Waals surface area contributed by atoms with Crippen molar-refractivity contribution in [2.45, 2.75) is 38.8 Å². The molecule has 4 heteroatoms. The summed E-state index contributed by atoms with van der Waals surface area (Å²) in [5.74, 6) is -0.741. The summed E-state index contributed by atoms with van der Waals surface area (Å²) in [6, 6.07) is 8.57. The molecule has 94 valence electrons. The van der Waals surface area contributed by atoms with E-state index in [1.54, 1.807) is 0 Å². The smallest absolute Gasteiger partial charge is 0.303 e. The fraction of sp³-hybridized carbons (Fsp3) is 0.462. The van der Waals surface area contributed by atoms with Crippen LogP contribution >= 0.6 is 15.9 Å². The highest BCUT2D eigenvalue weighted by atomic mass is 79.9. The SMILES string of the molecule is CC(CCC(=O)O)N[C@@H](C)c1ccc(Br)cc1. The van der Waals surface area contributed by atoms with Crippen LogP contribution in [0.4, 0.5) is 0 Å². The topological polar surface area (TPSA) is 49.3 Å². The Morgan fingerprint density at radius 3 is 2.47 bits per heavy atom. The number of halogens is 1. The molecule has 0 aliphatic rings. The molecule has 3 nitrogen and oxygen atoms in total. The van der Waals surface area contributed by atoms with Crippen LogP contribution in [0.5, 0.6) is 0 Å². The number of rotatable bonds is 6. The summed E-state index contributed by atoms with van der Waals surface area (Å²) in [7, 11) is 0. The lowest BCUT2D eigenvalue weighted by molar-refractivity contribution is -0.137. The Morgan fingerprint density at radius 2 is 1.94 bits per heavy atom. The van der Waals surface area contributed by atoms with Gasteiger partial charge in [-0.05, 0) is 38.0 Å². The second kappa shape index (κ2) is 6.77. The van der Waals surface area contributed by atoms with Crippen LogP contribution in [-0.2, 0) is 4.79 Å². The Bertz CT molecular complexity index is 364. The van der Waals surface area contributed by atoms with Crippen LogP contribution in [0.1, 0.15) is 38.3 Å². The summed E-state index contributed by atoms with van der Waals surface area (Å²) in [5.41, 5.74) is 1.20. The molecule has 1 rings (SSSR count). The second-order valence-corrected chi connectivity index (χ2v) is 5.19. The van der Waals surface area contributed by atoms with Crippen molar-refractivity contribution in [2.75, 3.05) is 0 Å². The van der Waals surface area contributed by atoms with E-state index in [2.05, 4.69) is 40.3 Å². The van der Waals surface area contributed by atoms with Crippen LogP contribution < -0.4 is 5.32 Å². The molecule has 0 aliphatic carbocycles. The fourth-order valence-electron chi connectivity index (χ4n) is 1.70. The molecule has 0 saturated heterocycles. The molecule has 0 amide bonds. The Balaban J connectivity index is 2.45. The first kappa shape index (κ1) is 14.2. The highest BCUT2D eigenvalue weighted by molar-refractivity contribution is 9.10. The molecule has 0 radical (unpaired) electrons. The Kier molecular flexibility index (Phi) is 5.65. The van der Waals surface area contributed by atoms with Gasteiger partial charge in [-0.15, -0.1) is 0 Å². The predicted molar refractivity (Wildman–Crippen MR) is 72.0 cm³/mol. The van der Waals surface area contributed by atoms with Crippen molar-refractivity contribution in [2.24, 2.45) is 0 Å². The minimum Gasteiger partial charge on any atom is -0.481 e. The highest BCUT2D eigenvalue weighted by Crippen LogP contribution is 2.17. The maximum atomic E-state index is 10.5. The van der Waals surface area contributed by atoms with E-state index in [1.165, 1.54) is 5.56 Å². The fourth-order valence-corrected chi connectivity index (χ4v) is 1.96. The van der Waals surface area contributed by atoms with E-state index in [4.69, 9.17) is 5.11 Å². The molecule has 0 aromatic heterocycles. The molecule has 0 spiro atoms. The van der Waals surface area contributed by atoms with Gasteiger partial charge in [-0.1, -0.05) is 28.1 Å². The van der Waals surface area contributed by atoms with Gasteiger partial charge in [-0.3, -0.25) is 4.79 Å². The first-order valence-electron chi connectivity index (χ1n) is 5.72. The van der Waals surface area contributed by atoms with E-state index < -0.39 is 5.97 Å². The number of carbonyl (C=O) groups is 1. The lowest BCUT2D eigenvalue weighted by Crippen LogP contribution is -2.29. The van der Waals surface area contributed by atoms with Gasteiger partial charge < -0.3 is 10.4 Å². The maximum absolute atomic E-state index is 10.5. The zero-order chi connectivity index (χ0) is 12.8. The Morgan fingerprint density at radius 1 is 1.35 bits per heavy atom. The predicted octanol–water partition coefficient (Wildman–Crippen LogP) is 3.35. The van der Waals surface area contributed by atoms with E-state index in [0.717, 1.165) is 4.47 Å². The number of aliphatic carboxylic acids is 1. The Labute approximate surface area is 110 Å². The van der Waals surface area contributed by atoms with Crippen molar-refractivity contribution < 1.29 is 9.90 Å². The number of hydrogen-bond acceptors (Lipinski definition) is 2. The van der Waals surface area contributed by atoms with Gasteiger partial charge in [0, 0.05) is 23.0 Å². The maximum Gasteiger partial charge on any atom is 0.303 e. The summed E-state index contributed by atoms with van der Waals surface area (Å²) in [6.07, 6.45) is 0.859. The highest BCUT2D eigenvalue weighted by Gasteiger charge is 2.10. The molecule has 1 unspecified atom stereocenters. The third kappa shape index (κ3) is 5.33. The van der Waals surface area contributed by atoms with E-state index in [0.29, 0.717) is 6.42 Å². The van der Waals surface area contributed by atoms with Crippen molar-refractivity contribution in [3.05, 3.63) is 34.3 Å². The number of hydrogen-bond donors (Lipinski definition) is 2. The van der Waals surface area contributed by atoms with Crippen molar-refractivity contribution in [3.8, 4) is 0 Å². The van der Waals surface area contributed by atoms with Crippen LogP contribution in [-0.4, -0.2) is 17.1 Å². The molecule has 2 atom stereocenters. The monoisotopic (exact) mass is 299 g/mol. The first-order valence-corrected chi connectivity index (χ1v) is 6.51. The first-order chi connectivity index (χ1) is 7.99. The van der Waals surface area contributed by atoms with E-state index in [-0.39, 0.29) is 18.5 Å². The van der Waals surface area contributed by atoms with Gasteiger partial charge in [0.05, 0.1) is 0 Å². The average Bonchev–Trinajstić information content (AvgIpc) is 2.27. The van der Waals surface area contributed by atoms with E-state index in [9.17, 15) is 4.79 Å². The lowest BCUT2D eigenvalue weighted by Gasteiger charge is -2.20. The third-order valence-corrected chi connectivity index (χ3v) is 3.22. The van der Waals surface area contributed by atoms with Crippen molar-refractivity contribution >= 4 is 21.9 Å².